The standard InChI is InChI=1S/C14H14BrNO/c1-10-8-13(15)9-16(14(10)17)11(2)12-6-4-3-5-7-12/h3-9,11H,1-2H3/t11-/m1/s1. The van der Waals surface area contributed by atoms with E-state index in [9.17, 15) is 4.79 Å². The summed E-state index contributed by atoms with van der Waals surface area (Å²) >= 11 is 3.43. The third-order valence-electron chi connectivity index (χ3n) is 2.89. The summed E-state index contributed by atoms with van der Waals surface area (Å²) in [5.74, 6) is 0. The van der Waals surface area contributed by atoms with E-state index in [1.807, 2.05) is 56.4 Å². The molecule has 0 amide bonds. The SMILES string of the molecule is Cc1cc(Br)cn([C@H](C)c2ccccc2)c1=O. The van der Waals surface area contributed by atoms with Crippen molar-refractivity contribution < 1.29 is 0 Å². The number of benzene rings is 1. The van der Waals surface area contributed by atoms with Crippen LogP contribution in [-0.2, 0) is 0 Å². The summed E-state index contributed by atoms with van der Waals surface area (Å²) in [5.41, 5.74) is 1.94. The molecule has 0 N–H and O–H groups in total. The van der Waals surface area contributed by atoms with Gasteiger partial charge in [0, 0.05) is 16.2 Å². The number of hydrogen-bond donors (Lipinski definition) is 0. The van der Waals surface area contributed by atoms with Crippen LogP contribution in [0.15, 0.2) is 51.9 Å². The Bertz CT molecular complexity index is 575. The minimum absolute atomic E-state index is 0.0416. The maximum Gasteiger partial charge on any atom is 0.254 e. The zero-order valence-electron chi connectivity index (χ0n) is 9.85. The lowest BCUT2D eigenvalue weighted by atomic mass is 10.1. The van der Waals surface area contributed by atoms with Gasteiger partial charge in [-0.15, -0.1) is 0 Å². The fourth-order valence-electron chi connectivity index (χ4n) is 1.88. The Morgan fingerprint density at radius 3 is 2.53 bits per heavy atom. The van der Waals surface area contributed by atoms with Crippen LogP contribution in [0.25, 0.3) is 0 Å². The summed E-state index contributed by atoms with van der Waals surface area (Å²) in [6.45, 7) is 3.86. The van der Waals surface area contributed by atoms with Crippen LogP contribution < -0.4 is 5.56 Å². The van der Waals surface area contributed by atoms with E-state index in [4.69, 9.17) is 0 Å². The molecule has 17 heavy (non-hydrogen) atoms. The molecule has 1 heterocycles. The highest BCUT2D eigenvalue weighted by molar-refractivity contribution is 9.10. The molecule has 0 aliphatic rings. The van der Waals surface area contributed by atoms with E-state index >= 15 is 0 Å². The van der Waals surface area contributed by atoms with Gasteiger partial charge >= 0.3 is 0 Å². The highest BCUT2D eigenvalue weighted by Crippen LogP contribution is 2.18. The van der Waals surface area contributed by atoms with Gasteiger partial charge in [-0.2, -0.15) is 0 Å². The fraction of sp³-hybridized carbons (Fsp3) is 0.214. The molecule has 2 rings (SSSR count). The first kappa shape index (κ1) is 12.1. The van der Waals surface area contributed by atoms with E-state index in [2.05, 4.69) is 15.9 Å². The van der Waals surface area contributed by atoms with Crippen LogP contribution in [0.1, 0.15) is 24.1 Å². The maximum atomic E-state index is 12.1. The molecule has 0 spiro atoms. The molecule has 1 aromatic carbocycles. The Labute approximate surface area is 109 Å². The van der Waals surface area contributed by atoms with Crippen LogP contribution >= 0.6 is 15.9 Å². The van der Waals surface area contributed by atoms with Crippen molar-refractivity contribution in [2.24, 2.45) is 0 Å². The number of pyridine rings is 1. The van der Waals surface area contributed by atoms with Crippen LogP contribution in [0.3, 0.4) is 0 Å². The summed E-state index contributed by atoms with van der Waals surface area (Å²) in [5, 5.41) is 0. The first-order chi connectivity index (χ1) is 8.09. The van der Waals surface area contributed by atoms with Crippen molar-refractivity contribution in [2.75, 3.05) is 0 Å². The van der Waals surface area contributed by atoms with Gasteiger partial charge < -0.3 is 4.57 Å². The molecule has 0 bridgehead atoms. The van der Waals surface area contributed by atoms with Crippen molar-refractivity contribution in [2.45, 2.75) is 19.9 Å². The molecule has 0 aliphatic heterocycles. The first-order valence-electron chi connectivity index (χ1n) is 5.53. The fourth-order valence-corrected chi connectivity index (χ4v) is 2.44. The number of aryl methyl sites for hydroxylation is 1. The molecule has 88 valence electrons. The third kappa shape index (κ3) is 2.50. The molecule has 0 fully saturated rings. The van der Waals surface area contributed by atoms with Gasteiger partial charge in [0.2, 0.25) is 0 Å². The average molecular weight is 292 g/mol. The van der Waals surface area contributed by atoms with E-state index < -0.39 is 0 Å². The predicted molar refractivity (Wildman–Crippen MR) is 73.4 cm³/mol. The number of hydrogen-bond acceptors (Lipinski definition) is 1. The number of nitrogens with zero attached hydrogens (tertiary/aromatic N) is 1. The van der Waals surface area contributed by atoms with Gasteiger partial charge in [0.05, 0.1) is 6.04 Å². The number of halogens is 1. The summed E-state index contributed by atoms with van der Waals surface area (Å²) < 4.78 is 2.69. The van der Waals surface area contributed by atoms with Crippen molar-refractivity contribution in [1.29, 1.82) is 0 Å². The minimum Gasteiger partial charge on any atom is -0.307 e. The highest BCUT2D eigenvalue weighted by Gasteiger charge is 2.10. The number of rotatable bonds is 2. The van der Waals surface area contributed by atoms with Gasteiger partial charge in [0.15, 0.2) is 0 Å². The first-order valence-corrected chi connectivity index (χ1v) is 6.32. The molecule has 1 atom stereocenters. The van der Waals surface area contributed by atoms with Crippen LogP contribution in [0.2, 0.25) is 0 Å². The lowest BCUT2D eigenvalue weighted by molar-refractivity contribution is 0.609. The largest absolute Gasteiger partial charge is 0.307 e. The van der Waals surface area contributed by atoms with E-state index in [1.165, 1.54) is 0 Å². The van der Waals surface area contributed by atoms with Crippen molar-refractivity contribution in [3.8, 4) is 0 Å². The summed E-state index contributed by atoms with van der Waals surface area (Å²) in [6.07, 6.45) is 1.84. The molecule has 2 nitrogen and oxygen atoms in total. The topological polar surface area (TPSA) is 22.0 Å². The molecule has 0 radical (unpaired) electrons. The molecular formula is C14H14BrNO. The summed E-state index contributed by atoms with van der Waals surface area (Å²) in [6, 6.07) is 11.9. The monoisotopic (exact) mass is 291 g/mol. The van der Waals surface area contributed by atoms with Gasteiger partial charge in [-0.3, -0.25) is 4.79 Å². The second-order valence-corrected chi connectivity index (χ2v) is 5.06. The molecule has 0 aliphatic carbocycles. The second-order valence-electron chi connectivity index (χ2n) is 4.14. The van der Waals surface area contributed by atoms with Crippen LogP contribution in [0.5, 0.6) is 0 Å². The second kappa shape index (κ2) is 4.88. The smallest absolute Gasteiger partial charge is 0.254 e. The van der Waals surface area contributed by atoms with Gasteiger partial charge in [0.1, 0.15) is 0 Å². The van der Waals surface area contributed by atoms with Gasteiger partial charge in [0.25, 0.3) is 5.56 Å². The van der Waals surface area contributed by atoms with E-state index in [0.29, 0.717) is 0 Å². The summed E-state index contributed by atoms with van der Waals surface area (Å²) in [4.78, 5) is 12.1. The molecule has 2 aromatic rings. The van der Waals surface area contributed by atoms with Crippen molar-refractivity contribution in [3.63, 3.8) is 0 Å². The number of aromatic nitrogens is 1. The molecule has 0 unspecified atom stereocenters. The quantitative estimate of drug-likeness (QED) is 0.830. The Morgan fingerprint density at radius 2 is 1.88 bits per heavy atom. The Kier molecular flexibility index (Phi) is 3.48. The Hall–Kier alpha value is -1.35. The Morgan fingerprint density at radius 1 is 1.24 bits per heavy atom. The molecular weight excluding hydrogens is 278 g/mol. The molecule has 0 saturated carbocycles. The van der Waals surface area contributed by atoms with Gasteiger partial charge in [-0.25, -0.2) is 0 Å². The third-order valence-corrected chi connectivity index (χ3v) is 3.32. The van der Waals surface area contributed by atoms with Crippen LogP contribution in [-0.4, -0.2) is 4.57 Å². The highest BCUT2D eigenvalue weighted by atomic mass is 79.9. The Balaban J connectivity index is 2.52. The summed E-state index contributed by atoms with van der Waals surface area (Å²) in [7, 11) is 0. The molecule has 3 heteroatoms. The van der Waals surface area contributed by atoms with Crippen molar-refractivity contribution >= 4 is 15.9 Å². The zero-order valence-corrected chi connectivity index (χ0v) is 11.4. The zero-order chi connectivity index (χ0) is 12.4. The lowest BCUT2D eigenvalue weighted by Crippen LogP contribution is -2.25. The van der Waals surface area contributed by atoms with Gasteiger partial charge in [-0.1, -0.05) is 30.3 Å². The van der Waals surface area contributed by atoms with Gasteiger partial charge in [-0.05, 0) is 41.4 Å². The minimum atomic E-state index is 0.0416. The predicted octanol–water partition coefficient (Wildman–Crippen LogP) is 3.53. The van der Waals surface area contributed by atoms with Crippen molar-refractivity contribution in [1.82, 2.24) is 4.57 Å². The van der Waals surface area contributed by atoms with Crippen LogP contribution in [0.4, 0.5) is 0 Å². The van der Waals surface area contributed by atoms with Crippen molar-refractivity contribution in [3.05, 3.63) is 68.5 Å². The maximum absolute atomic E-state index is 12.1. The molecule has 0 saturated heterocycles. The van der Waals surface area contributed by atoms with E-state index in [1.54, 1.807) is 4.57 Å². The average Bonchev–Trinajstić information content (AvgIpc) is 2.34. The van der Waals surface area contributed by atoms with E-state index in [0.717, 1.165) is 15.6 Å². The van der Waals surface area contributed by atoms with Crippen LogP contribution in [0, 0.1) is 6.92 Å². The normalized spacial score (nSPS) is 12.4. The lowest BCUT2D eigenvalue weighted by Gasteiger charge is -2.16. The molecule has 1 aromatic heterocycles. The van der Waals surface area contributed by atoms with E-state index in [-0.39, 0.29) is 11.6 Å².